The lowest BCUT2D eigenvalue weighted by Crippen LogP contribution is -2.45. The molecule has 6 nitrogen and oxygen atoms in total. The van der Waals surface area contributed by atoms with Gasteiger partial charge in [0.15, 0.2) is 12.1 Å². The van der Waals surface area contributed by atoms with Crippen molar-refractivity contribution in [3.8, 4) is 11.3 Å². The molecule has 0 aromatic carbocycles. The van der Waals surface area contributed by atoms with Gasteiger partial charge in [-0.3, -0.25) is 9.78 Å². The number of pyridine rings is 2. The van der Waals surface area contributed by atoms with Gasteiger partial charge in [0.05, 0.1) is 18.9 Å². The highest BCUT2D eigenvalue weighted by Gasteiger charge is 2.40. The van der Waals surface area contributed by atoms with Crippen molar-refractivity contribution in [1.82, 2.24) is 9.97 Å². The van der Waals surface area contributed by atoms with Crippen molar-refractivity contribution in [1.29, 1.82) is 0 Å². The minimum Gasteiger partial charge on any atom is -0.356 e. The van der Waals surface area contributed by atoms with E-state index in [2.05, 4.69) is 14.9 Å². The van der Waals surface area contributed by atoms with E-state index >= 15 is 0 Å². The normalized spacial score (nSPS) is 19.6. The second-order valence-corrected chi connectivity index (χ2v) is 6.06. The quantitative estimate of drug-likeness (QED) is 0.807. The third-order valence-corrected chi connectivity index (χ3v) is 4.62. The summed E-state index contributed by atoms with van der Waals surface area (Å²) in [4.78, 5) is 22.0. The van der Waals surface area contributed by atoms with Gasteiger partial charge in [-0.15, -0.1) is 0 Å². The predicted molar refractivity (Wildman–Crippen MR) is 88.9 cm³/mol. The molecule has 2 fully saturated rings. The van der Waals surface area contributed by atoms with E-state index in [0.717, 1.165) is 49.3 Å². The summed E-state index contributed by atoms with van der Waals surface area (Å²) in [6, 6.07) is 7.55. The molecule has 24 heavy (non-hydrogen) atoms. The van der Waals surface area contributed by atoms with Crippen molar-refractivity contribution in [3.63, 3.8) is 0 Å². The number of aromatic nitrogens is 2. The molecule has 0 amide bonds. The van der Waals surface area contributed by atoms with E-state index in [4.69, 9.17) is 9.47 Å². The topological polar surface area (TPSA) is 64.6 Å². The lowest BCUT2D eigenvalue weighted by Gasteiger charge is -2.38. The summed E-state index contributed by atoms with van der Waals surface area (Å²) >= 11 is 0. The summed E-state index contributed by atoms with van der Waals surface area (Å²) < 4.78 is 11.6. The molecule has 0 aliphatic carbocycles. The van der Waals surface area contributed by atoms with Crippen LogP contribution in [0.4, 0.5) is 5.82 Å². The Morgan fingerprint density at radius 2 is 1.88 bits per heavy atom. The van der Waals surface area contributed by atoms with Gasteiger partial charge in [-0.25, -0.2) is 4.98 Å². The van der Waals surface area contributed by atoms with Crippen LogP contribution < -0.4 is 4.90 Å². The maximum atomic E-state index is 10.8. The summed E-state index contributed by atoms with van der Waals surface area (Å²) in [7, 11) is 0. The van der Waals surface area contributed by atoms with Gasteiger partial charge in [-0.05, 0) is 24.3 Å². The van der Waals surface area contributed by atoms with E-state index in [1.165, 1.54) is 0 Å². The number of anilines is 1. The third-order valence-electron chi connectivity index (χ3n) is 4.62. The third kappa shape index (κ3) is 2.79. The summed E-state index contributed by atoms with van der Waals surface area (Å²) in [6.45, 7) is 3.02. The minimum atomic E-state index is -0.394. The summed E-state index contributed by atoms with van der Waals surface area (Å²) in [6.07, 6.45) is 5.85. The van der Waals surface area contributed by atoms with Crippen molar-refractivity contribution in [3.05, 3.63) is 42.2 Å². The Labute approximate surface area is 140 Å². The number of hydrogen-bond acceptors (Lipinski definition) is 6. The zero-order valence-electron chi connectivity index (χ0n) is 13.4. The molecule has 0 atom stereocenters. The first-order chi connectivity index (χ1) is 11.8. The van der Waals surface area contributed by atoms with Crippen molar-refractivity contribution >= 4 is 12.1 Å². The Morgan fingerprint density at radius 1 is 1.08 bits per heavy atom. The fourth-order valence-corrected chi connectivity index (χ4v) is 3.33. The molecule has 0 N–H and O–H groups in total. The molecule has 2 aromatic heterocycles. The summed E-state index contributed by atoms with van der Waals surface area (Å²) in [5.41, 5.74) is 2.36. The molecule has 0 radical (unpaired) electrons. The molecule has 0 unspecified atom stereocenters. The van der Waals surface area contributed by atoms with E-state index in [1.54, 1.807) is 18.5 Å². The van der Waals surface area contributed by atoms with Gasteiger partial charge in [0.2, 0.25) is 0 Å². The lowest BCUT2D eigenvalue weighted by atomic mass is 10.0. The van der Waals surface area contributed by atoms with Crippen molar-refractivity contribution in [2.45, 2.75) is 18.6 Å². The van der Waals surface area contributed by atoms with Crippen LogP contribution in [0, 0.1) is 0 Å². The molecule has 2 aliphatic rings. The molecule has 4 rings (SSSR count). The Hall–Kier alpha value is -2.31. The van der Waals surface area contributed by atoms with Crippen molar-refractivity contribution in [2.24, 2.45) is 0 Å². The van der Waals surface area contributed by atoms with Crippen LogP contribution in [-0.4, -0.2) is 48.3 Å². The van der Waals surface area contributed by atoms with Gasteiger partial charge in [0.1, 0.15) is 5.82 Å². The predicted octanol–water partition coefficient (Wildman–Crippen LogP) is 2.30. The molecule has 2 aromatic rings. The maximum Gasteiger partial charge on any atom is 0.171 e. The number of rotatable bonds is 3. The molecule has 2 saturated heterocycles. The Bertz CT molecular complexity index is 717. The first kappa shape index (κ1) is 15.2. The van der Waals surface area contributed by atoms with Gasteiger partial charge >= 0.3 is 0 Å². The smallest absolute Gasteiger partial charge is 0.171 e. The van der Waals surface area contributed by atoms with Crippen LogP contribution in [0.25, 0.3) is 11.3 Å². The number of hydrogen-bond donors (Lipinski definition) is 0. The highest BCUT2D eigenvalue weighted by atomic mass is 16.7. The van der Waals surface area contributed by atoms with Crippen LogP contribution in [0.2, 0.25) is 0 Å². The van der Waals surface area contributed by atoms with E-state index in [1.807, 2.05) is 18.2 Å². The molecule has 6 heteroatoms. The Kier molecular flexibility index (Phi) is 4.00. The number of piperidine rings is 1. The zero-order valence-corrected chi connectivity index (χ0v) is 13.4. The van der Waals surface area contributed by atoms with E-state index in [-0.39, 0.29) is 0 Å². The number of carbonyl (C=O) groups excluding carboxylic acids is 1. The first-order valence-electron chi connectivity index (χ1n) is 8.19. The zero-order chi connectivity index (χ0) is 16.4. The largest absolute Gasteiger partial charge is 0.356 e. The van der Waals surface area contributed by atoms with Crippen LogP contribution in [0.1, 0.15) is 23.2 Å². The number of carbonyl (C=O) groups is 1. The molecule has 0 saturated carbocycles. The van der Waals surface area contributed by atoms with Gasteiger partial charge in [0.25, 0.3) is 0 Å². The Balaban J connectivity index is 1.58. The average Bonchev–Trinajstić information content (AvgIpc) is 3.11. The lowest BCUT2D eigenvalue weighted by molar-refractivity contribution is -0.169. The molecular formula is C18H19N3O3. The van der Waals surface area contributed by atoms with Gasteiger partial charge in [0, 0.05) is 49.5 Å². The summed E-state index contributed by atoms with van der Waals surface area (Å²) in [5.74, 6) is 0.520. The van der Waals surface area contributed by atoms with Crippen molar-refractivity contribution in [2.75, 3.05) is 31.2 Å². The van der Waals surface area contributed by atoms with Crippen LogP contribution in [0.5, 0.6) is 0 Å². The van der Waals surface area contributed by atoms with Crippen LogP contribution >= 0.6 is 0 Å². The fraction of sp³-hybridized carbons (Fsp3) is 0.389. The van der Waals surface area contributed by atoms with E-state index in [9.17, 15) is 4.79 Å². The second kappa shape index (κ2) is 6.30. The van der Waals surface area contributed by atoms with Crippen molar-refractivity contribution < 1.29 is 14.3 Å². The second-order valence-electron chi connectivity index (χ2n) is 6.06. The minimum absolute atomic E-state index is 0.394. The van der Waals surface area contributed by atoms with Gasteiger partial charge < -0.3 is 14.4 Å². The molecular weight excluding hydrogens is 306 g/mol. The summed E-state index contributed by atoms with van der Waals surface area (Å²) in [5, 5.41) is 0. The molecule has 1 spiro atoms. The van der Waals surface area contributed by atoms with Gasteiger partial charge in [-0.2, -0.15) is 0 Å². The average molecular weight is 325 g/mol. The highest BCUT2D eigenvalue weighted by molar-refractivity contribution is 5.77. The highest BCUT2D eigenvalue weighted by Crippen LogP contribution is 2.35. The van der Waals surface area contributed by atoms with Crippen LogP contribution in [-0.2, 0) is 9.47 Å². The van der Waals surface area contributed by atoms with E-state index in [0.29, 0.717) is 18.8 Å². The standard InChI is InChI=1S/C18H19N3O3/c22-13-14-3-4-16(20-12-14)15-2-1-7-19-17(15)21-8-5-18(6-9-21)23-10-11-24-18/h1-4,7,12-13H,5-6,8-11H2. The number of nitrogens with zero attached hydrogens (tertiary/aromatic N) is 3. The fourth-order valence-electron chi connectivity index (χ4n) is 3.33. The van der Waals surface area contributed by atoms with Crippen LogP contribution in [0.15, 0.2) is 36.7 Å². The van der Waals surface area contributed by atoms with Gasteiger partial charge in [-0.1, -0.05) is 0 Å². The molecule has 124 valence electrons. The molecule has 2 aliphatic heterocycles. The SMILES string of the molecule is O=Cc1ccc(-c2cccnc2N2CCC3(CC2)OCCO3)nc1. The molecule has 0 bridgehead atoms. The maximum absolute atomic E-state index is 10.8. The molecule has 4 heterocycles. The Morgan fingerprint density at radius 3 is 2.54 bits per heavy atom. The van der Waals surface area contributed by atoms with Crippen LogP contribution in [0.3, 0.4) is 0 Å². The monoisotopic (exact) mass is 325 g/mol. The number of aldehydes is 1. The number of ether oxygens (including phenoxy) is 2. The van der Waals surface area contributed by atoms with E-state index < -0.39 is 5.79 Å². The first-order valence-corrected chi connectivity index (χ1v) is 8.19.